The number of aliphatic hydroxyl groups excluding tert-OH is 3. The van der Waals surface area contributed by atoms with Crippen molar-refractivity contribution in [2.75, 3.05) is 39.5 Å². The number of aliphatic hydroxyl groups is 3. The standard InChI is InChI=1S/C6H15NO3.C3H7O.Ti/c8-4-1-7(2-5-9)3-6-10;1-3(2)4;/h8-10H,1-6H2;3H,1-2H3;/q;-1;+1. The van der Waals surface area contributed by atoms with Gasteiger partial charge in [0, 0.05) is 19.6 Å². The molecule has 0 atom stereocenters. The van der Waals surface area contributed by atoms with E-state index in [4.69, 9.17) is 18.6 Å². The first-order chi connectivity index (χ1) is 7.12. The maximum Gasteiger partial charge on any atom is 0.0558 e. The second kappa shape index (κ2) is 14.5. The second-order valence-electron chi connectivity index (χ2n) is 3.18. The van der Waals surface area contributed by atoms with Crippen LogP contribution in [0.2, 0.25) is 0 Å². The molecule has 91 valence electrons. The number of hydrogen-bond donors (Lipinski definition) is 3. The van der Waals surface area contributed by atoms with E-state index in [1.807, 2.05) is 13.8 Å². The normalized spacial score (nSPS) is 10.3. The van der Waals surface area contributed by atoms with E-state index < -0.39 is 0 Å². The summed E-state index contributed by atoms with van der Waals surface area (Å²) in [4.78, 5) is 1.79. The third kappa shape index (κ3) is 17.1. The van der Waals surface area contributed by atoms with Gasteiger partial charge < -0.3 is 15.3 Å². The fourth-order valence-corrected chi connectivity index (χ4v) is 0.760. The zero-order valence-electron chi connectivity index (χ0n) is 9.52. The minimum atomic E-state index is 0.0694. The van der Waals surface area contributed by atoms with Crippen molar-refractivity contribution in [3.8, 4) is 0 Å². The molecule has 0 saturated heterocycles. The van der Waals surface area contributed by atoms with Crippen molar-refractivity contribution in [3.63, 3.8) is 0 Å². The van der Waals surface area contributed by atoms with E-state index in [0.717, 1.165) is 0 Å². The zero-order chi connectivity index (χ0) is 12.1. The SMILES string of the molecule is CC(C)[O][Ti].OCCN(CCO)CCO. The predicted octanol–water partition coefficient (Wildman–Crippen LogP) is -0.861. The number of hydrogen-bond acceptors (Lipinski definition) is 5. The summed E-state index contributed by atoms with van der Waals surface area (Å²) < 4.78 is 4.75. The Morgan fingerprint density at radius 1 is 1.00 bits per heavy atom. The maximum absolute atomic E-state index is 8.48. The first kappa shape index (κ1) is 17.9. The Bertz CT molecular complexity index is 102. The van der Waals surface area contributed by atoms with Gasteiger partial charge in [-0.25, -0.2) is 0 Å². The van der Waals surface area contributed by atoms with Crippen LogP contribution in [0.15, 0.2) is 0 Å². The van der Waals surface area contributed by atoms with E-state index in [1.54, 1.807) is 25.7 Å². The zero-order valence-corrected chi connectivity index (χ0v) is 11.1. The molecular formula is C9H22NO4Ti. The summed E-state index contributed by atoms with van der Waals surface area (Å²) in [6, 6.07) is 0. The van der Waals surface area contributed by atoms with Crippen LogP contribution in [0.4, 0.5) is 0 Å². The molecule has 0 heterocycles. The molecular weight excluding hydrogens is 234 g/mol. The molecule has 15 heavy (non-hydrogen) atoms. The molecule has 0 aromatic heterocycles. The van der Waals surface area contributed by atoms with E-state index in [-0.39, 0.29) is 19.8 Å². The molecule has 0 amide bonds. The largest absolute Gasteiger partial charge is 0.395 e. The average Bonchev–Trinajstić information content (AvgIpc) is 2.20. The molecule has 0 fully saturated rings. The van der Waals surface area contributed by atoms with Crippen LogP contribution < -0.4 is 0 Å². The molecule has 0 aromatic rings. The fraction of sp³-hybridized carbons (Fsp3) is 1.00. The molecule has 0 spiro atoms. The van der Waals surface area contributed by atoms with Gasteiger partial charge in [-0.2, -0.15) is 0 Å². The molecule has 0 saturated carbocycles. The van der Waals surface area contributed by atoms with Crippen LogP contribution in [0, 0.1) is 0 Å². The Balaban J connectivity index is 0. The van der Waals surface area contributed by atoms with Crippen molar-refractivity contribution in [1.29, 1.82) is 0 Å². The van der Waals surface area contributed by atoms with E-state index in [9.17, 15) is 0 Å². The summed E-state index contributed by atoms with van der Waals surface area (Å²) in [5.74, 6) is 0. The van der Waals surface area contributed by atoms with Gasteiger partial charge in [0.2, 0.25) is 0 Å². The van der Waals surface area contributed by atoms with Crippen LogP contribution in [-0.4, -0.2) is 65.8 Å². The van der Waals surface area contributed by atoms with E-state index in [1.165, 1.54) is 0 Å². The molecule has 3 N–H and O–H groups in total. The third-order valence-corrected chi connectivity index (χ3v) is 2.22. The van der Waals surface area contributed by atoms with Crippen molar-refractivity contribution in [1.82, 2.24) is 4.90 Å². The van der Waals surface area contributed by atoms with Crippen LogP contribution >= 0.6 is 0 Å². The van der Waals surface area contributed by atoms with Gasteiger partial charge in [0.1, 0.15) is 0 Å². The monoisotopic (exact) mass is 256 g/mol. The second-order valence-corrected chi connectivity index (χ2v) is 3.55. The van der Waals surface area contributed by atoms with Gasteiger partial charge in [0.25, 0.3) is 0 Å². The predicted molar refractivity (Wildman–Crippen MR) is 53.9 cm³/mol. The summed E-state index contributed by atoms with van der Waals surface area (Å²) in [6.45, 7) is 5.75. The first-order valence-corrected chi connectivity index (χ1v) is 5.63. The first-order valence-electron chi connectivity index (χ1n) is 4.99. The van der Waals surface area contributed by atoms with Gasteiger partial charge in [-0.15, -0.1) is 0 Å². The Morgan fingerprint density at radius 2 is 1.27 bits per heavy atom. The van der Waals surface area contributed by atoms with Crippen molar-refractivity contribution >= 4 is 0 Å². The van der Waals surface area contributed by atoms with Gasteiger partial charge in [-0.1, -0.05) is 0 Å². The molecule has 6 heteroatoms. The van der Waals surface area contributed by atoms with Crippen LogP contribution in [0.3, 0.4) is 0 Å². The summed E-state index contributed by atoms with van der Waals surface area (Å²) in [5.41, 5.74) is 0. The van der Waals surface area contributed by atoms with Crippen molar-refractivity contribution < 1.29 is 39.5 Å². The molecule has 0 aromatic carbocycles. The summed E-state index contributed by atoms with van der Waals surface area (Å²) in [7, 11) is 0. The van der Waals surface area contributed by atoms with Crippen LogP contribution in [0.1, 0.15) is 13.8 Å². The molecule has 0 bridgehead atoms. The molecule has 0 radical (unpaired) electrons. The minimum Gasteiger partial charge on any atom is -0.395 e. The molecule has 0 unspecified atom stereocenters. The Kier molecular flexibility index (Phi) is 17.3. The molecule has 0 aliphatic heterocycles. The van der Waals surface area contributed by atoms with Crippen LogP contribution in [0.5, 0.6) is 0 Å². The van der Waals surface area contributed by atoms with Gasteiger partial charge in [0.15, 0.2) is 0 Å². The smallest absolute Gasteiger partial charge is 0.0558 e. The quantitative estimate of drug-likeness (QED) is 0.517. The van der Waals surface area contributed by atoms with Crippen molar-refractivity contribution in [3.05, 3.63) is 0 Å². The van der Waals surface area contributed by atoms with Gasteiger partial charge in [-0.3, -0.25) is 4.90 Å². The van der Waals surface area contributed by atoms with Gasteiger partial charge in [-0.05, 0) is 0 Å². The van der Waals surface area contributed by atoms with E-state index in [2.05, 4.69) is 0 Å². The van der Waals surface area contributed by atoms with E-state index >= 15 is 0 Å². The minimum absolute atomic E-state index is 0.0694. The topological polar surface area (TPSA) is 73.2 Å². The number of rotatable bonds is 7. The molecule has 0 aliphatic rings. The fourth-order valence-electron chi connectivity index (χ4n) is 0.760. The Hall–Kier alpha value is 0.514. The Labute approximate surface area is 104 Å². The molecule has 0 rings (SSSR count). The van der Waals surface area contributed by atoms with Gasteiger partial charge >= 0.3 is 44.1 Å². The average molecular weight is 256 g/mol. The Morgan fingerprint density at radius 3 is 1.40 bits per heavy atom. The summed E-state index contributed by atoms with van der Waals surface area (Å²) in [5, 5.41) is 25.5. The number of nitrogens with zero attached hydrogens (tertiary/aromatic N) is 1. The van der Waals surface area contributed by atoms with Gasteiger partial charge in [0.05, 0.1) is 19.8 Å². The van der Waals surface area contributed by atoms with E-state index in [0.29, 0.717) is 25.7 Å². The van der Waals surface area contributed by atoms with Crippen molar-refractivity contribution in [2.45, 2.75) is 20.0 Å². The van der Waals surface area contributed by atoms with Crippen LogP contribution in [0.25, 0.3) is 0 Å². The molecule has 0 aliphatic carbocycles. The van der Waals surface area contributed by atoms with Crippen molar-refractivity contribution in [2.24, 2.45) is 0 Å². The maximum atomic E-state index is 8.48. The van der Waals surface area contributed by atoms with Crippen LogP contribution in [-0.2, 0) is 24.1 Å². The summed E-state index contributed by atoms with van der Waals surface area (Å²) >= 11 is 1.70. The third-order valence-electron chi connectivity index (χ3n) is 1.48. The summed E-state index contributed by atoms with van der Waals surface area (Å²) in [6.07, 6.45) is 0.384. The molecule has 5 nitrogen and oxygen atoms in total.